The van der Waals surface area contributed by atoms with Gasteiger partial charge in [0.15, 0.2) is 5.84 Å². The number of rotatable bonds is 7. The first kappa shape index (κ1) is 14.8. The standard InChI is InChI=1S/C12H18N4O3/c1-19-10-3-2-8(6-9(10)12(14)16-18)7-15-5-4-11(13)17/h2-3,6,15,18H,4-5,7H2,1H3,(H2,13,17)(H2,14,16). The first-order chi connectivity index (χ1) is 9.08. The number of oxime groups is 1. The van der Waals surface area contributed by atoms with Crippen LogP contribution in [0.4, 0.5) is 0 Å². The van der Waals surface area contributed by atoms with Gasteiger partial charge in [0.2, 0.25) is 5.91 Å². The molecular formula is C12H18N4O3. The monoisotopic (exact) mass is 266 g/mol. The third-order valence-electron chi connectivity index (χ3n) is 2.52. The number of nitrogens with two attached hydrogens (primary N) is 2. The Balaban J connectivity index is 2.73. The lowest BCUT2D eigenvalue weighted by atomic mass is 10.1. The summed E-state index contributed by atoms with van der Waals surface area (Å²) in [6, 6.07) is 5.34. The number of amidine groups is 1. The number of primary amides is 1. The van der Waals surface area contributed by atoms with Gasteiger partial charge in [0.05, 0.1) is 12.7 Å². The molecule has 0 spiro atoms. The van der Waals surface area contributed by atoms with Crippen LogP contribution < -0.4 is 21.5 Å². The zero-order valence-electron chi connectivity index (χ0n) is 10.7. The average molecular weight is 266 g/mol. The molecule has 0 saturated heterocycles. The van der Waals surface area contributed by atoms with E-state index in [4.69, 9.17) is 21.4 Å². The van der Waals surface area contributed by atoms with Crippen LogP contribution in [0.15, 0.2) is 23.4 Å². The maximum absolute atomic E-state index is 10.6. The summed E-state index contributed by atoms with van der Waals surface area (Å²) in [7, 11) is 1.51. The van der Waals surface area contributed by atoms with Crippen LogP contribution in [0, 0.1) is 0 Å². The van der Waals surface area contributed by atoms with Crippen LogP contribution in [-0.2, 0) is 11.3 Å². The van der Waals surface area contributed by atoms with Crippen LogP contribution in [0.1, 0.15) is 17.5 Å². The second-order valence-corrected chi connectivity index (χ2v) is 3.91. The van der Waals surface area contributed by atoms with E-state index in [0.29, 0.717) is 24.4 Å². The van der Waals surface area contributed by atoms with Gasteiger partial charge >= 0.3 is 0 Å². The lowest BCUT2D eigenvalue weighted by Gasteiger charge is -2.10. The van der Waals surface area contributed by atoms with Crippen LogP contribution in [-0.4, -0.2) is 30.6 Å². The van der Waals surface area contributed by atoms with Crippen LogP contribution in [0.2, 0.25) is 0 Å². The SMILES string of the molecule is COc1ccc(CNCCC(N)=O)cc1C(N)=NO. The van der Waals surface area contributed by atoms with E-state index in [1.54, 1.807) is 12.1 Å². The maximum Gasteiger partial charge on any atom is 0.218 e. The zero-order chi connectivity index (χ0) is 14.3. The first-order valence-corrected chi connectivity index (χ1v) is 5.72. The van der Waals surface area contributed by atoms with Gasteiger partial charge < -0.3 is 26.7 Å². The maximum atomic E-state index is 10.6. The summed E-state index contributed by atoms with van der Waals surface area (Å²) in [6.07, 6.45) is 0.281. The normalized spacial score (nSPS) is 11.3. The Morgan fingerprint density at radius 2 is 2.21 bits per heavy atom. The van der Waals surface area contributed by atoms with Gasteiger partial charge in [-0.2, -0.15) is 0 Å². The van der Waals surface area contributed by atoms with Gasteiger partial charge in [-0.3, -0.25) is 4.79 Å². The molecule has 0 atom stereocenters. The van der Waals surface area contributed by atoms with Crippen molar-refractivity contribution in [3.05, 3.63) is 29.3 Å². The highest BCUT2D eigenvalue weighted by Gasteiger charge is 2.08. The Bertz CT molecular complexity index is 474. The van der Waals surface area contributed by atoms with E-state index in [1.807, 2.05) is 6.07 Å². The Morgan fingerprint density at radius 3 is 2.79 bits per heavy atom. The second kappa shape index (κ2) is 7.22. The molecule has 19 heavy (non-hydrogen) atoms. The summed E-state index contributed by atoms with van der Waals surface area (Å²) in [5.41, 5.74) is 12.0. The number of hydrogen-bond donors (Lipinski definition) is 4. The lowest BCUT2D eigenvalue weighted by Crippen LogP contribution is -2.22. The zero-order valence-corrected chi connectivity index (χ0v) is 10.7. The fourth-order valence-corrected chi connectivity index (χ4v) is 1.56. The second-order valence-electron chi connectivity index (χ2n) is 3.91. The molecule has 0 fully saturated rings. The number of amides is 1. The number of carbonyl (C=O) groups excluding carboxylic acids is 1. The summed E-state index contributed by atoms with van der Waals surface area (Å²) in [4.78, 5) is 10.6. The summed E-state index contributed by atoms with van der Waals surface area (Å²) in [6.45, 7) is 1.04. The molecule has 0 unspecified atom stereocenters. The number of nitrogens with one attached hydrogen (secondary N) is 1. The third kappa shape index (κ3) is 4.47. The van der Waals surface area contributed by atoms with Gasteiger partial charge in [0, 0.05) is 19.5 Å². The molecule has 0 aliphatic carbocycles. The van der Waals surface area contributed by atoms with E-state index in [-0.39, 0.29) is 18.2 Å². The van der Waals surface area contributed by atoms with Crippen molar-refractivity contribution in [1.29, 1.82) is 0 Å². The Morgan fingerprint density at radius 1 is 1.47 bits per heavy atom. The highest BCUT2D eigenvalue weighted by molar-refractivity contribution is 5.99. The molecular weight excluding hydrogens is 248 g/mol. The molecule has 0 saturated carbocycles. The van der Waals surface area contributed by atoms with Gasteiger partial charge in [-0.05, 0) is 17.7 Å². The van der Waals surface area contributed by atoms with E-state index in [2.05, 4.69) is 10.5 Å². The highest BCUT2D eigenvalue weighted by atomic mass is 16.5. The van der Waals surface area contributed by atoms with Crippen molar-refractivity contribution in [3.63, 3.8) is 0 Å². The van der Waals surface area contributed by atoms with E-state index in [0.717, 1.165) is 5.56 Å². The molecule has 1 aromatic rings. The average Bonchev–Trinajstić information content (AvgIpc) is 2.42. The third-order valence-corrected chi connectivity index (χ3v) is 2.52. The molecule has 7 heteroatoms. The topological polar surface area (TPSA) is 123 Å². The molecule has 1 rings (SSSR count). The largest absolute Gasteiger partial charge is 0.496 e. The minimum absolute atomic E-state index is 0.0177. The Labute approximate surface area is 111 Å². The fourth-order valence-electron chi connectivity index (χ4n) is 1.56. The molecule has 0 radical (unpaired) electrons. The Kier molecular flexibility index (Phi) is 5.62. The first-order valence-electron chi connectivity index (χ1n) is 5.72. The van der Waals surface area contributed by atoms with Crippen molar-refractivity contribution in [3.8, 4) is 5.75 Å². The summed E-state index contributed by atoms with van der Waals surface area (Å²) in [5.74, 6) is 0.159. The summed E-state index contributed by atoms with van der Waals surface area (Å²) >= 11 is 0. The molecule has 6 N–H and O–H groups in total. The van der Waals surface area contributed by atoms with E-state index < -0.39 is 0 Å². The van der Waals surface area contributed by atoms with Gasteiger partial charge in [-0.25, -0.2) is 0 Å². The van der Waals surface area contributed by atoms with Crippen molar-refractivity contribution < 1.29 is 14.7 Å². The predicted octanol–water partition coefficient (Wildman–Crippen LogP) is -0.245. The van der Waals surface area contributed by atoms with Gasteiger partial charge in [0.25, 0.3) is 0 Å². The number of hydrogen-bond acceptors (Lipinski definition) is 5. The van der Waals surface area contributed by atoms with Gasteiger partial charge in [-0.1, -0.05) is 11.2 Å². The quantitative estimate of drug-likeness (QED) is 0.178. The smallest absolute Gasteiger partial charge is 0.218 e. The van der Waals surface area contributed by atoms with Gasteiger partial charge in [0.1, 0.15) is 5.75 Å². The predicted molar refractivity (Wildman–Crippen MR) is 71.0 cm³/mol. The molecule has 1 aromatic carbocycles. The highest BCUT2D eigenvalue weighted by Crippen LogP contribution is 2.19. The molecule has 1 amide bonds. The number of nitrogens with zero attached hydrogens (tertiary/aromatic N) is 1. The minimum atomic E-state index is -0.348. The Hall–Kier alpha value is -2.28. The summed E-state index contributed by atoms with van der Waals surface area (Å²) < 4.78 is 5.13. The molecule has 0 bridgehead atoms. The summed E-state index contributed by atoms with van der Waals surface area (Å²) in [5, 5.41) is 14.7. The van der Waals surface area contributed by atoms with Crippen LogP contribution in [0.5, 0.6) is 5.75 Å². The number of methoxy groups -OCH3 is 1. The van der Waals surface area contributed by atoms with Crippen LogP contribution in [0.25, 0.3) is 0 Å². The number of carbonyl (C=O) groups is 1. The van der Waals surface area contributed by atoms with Crippen molar-refractivity contribution in [2.45, 2.75) is 13.0 Å². The molecule has 7 nitrogen and oxygen atoms in total. The molecule has 104 valence electrons. The number of ether oxygens (including phenoxy) is 1. The molecule has 0 aromatic heterocycles. The van der Waals surface area contributed by atoms with E-state index >= 15 is 0 Å². The van der Waals surface area contributed by atoms with Crippen LogP contribution in [0.3, 0.4) is 0 Å². The van der Waals surface area contributed by atoms with Gasteiger partial charge in [-0.15, -0.1) is 0 Å². The van der Waals surface area contributed by atoms with Crippen molar-refractivity contribution in [2.75, 3.05) is 13.7 Å². The van der Waals surface area contributed by atoms with Crippen LogP contribution >= 0.6 is 0 Å². The molecule has 0 heterocycles. The number of benzene rings is 1. The molecule has 0 aliphatic rings. The van der Waals surface area contributed by atoms with E-state index in [1.165, 1.54) is 7.11 Å². The van der Waals surface area contributed by atoms with Crippen molar-refractivity contribution in [1.82, 2.24) is 5.32 Å². The van der Waals surface area contributed by atoms with E-state index in [9.17, 15) is 4.79 Å². The minimum Gasteiger partial charge on any atom is -0.496 e. The molecule has 0 aliphatic heterocycles. The fraction of sp³-hybridized carbons (Fsp3) is 0.333. The lowest BCUT2D eigenvalue weighted by molar-refractivity contribution is -0.117. The van der Waals surface area contributed by atoms with Crippen molar-refractivity contribution in [2.24, 2.45) is 16.6 Å². The van der Waals surface area contributed by atoms with Crippen molar-refractivity contribution >= 4 is 11.7 Å².